The van der Waals surface area contributed by atoms with Crippen molar-refractivity contribution in [3.63, 3.8) is 0 Å². The van der Waals surface area contributed by atoms with E-state index in [1.165, 1.54) is 6.07 Å². The Labute approximate surface area is 123 Å². The van der Waals surface area contributed by atoms with Crippen LogP contribution < -0.4 is 4.74 Å². The lowest BCUT2D eigenvalue weighted by atomic mass is 10.2. The predicted molar refractivity (Wildman–Crippen MR) is 74.9 cm³/mol. The van der Waals surface area contributed by atoms with Gasteiger partial charge in [0.25, 0.3) is 0 Å². The van der Waals surface area contributed by atoms with Crippen molar-refractivity contribution in [2.75, 3.05) is 0 Å². The highest BCUT2D eigenvalue weighted by Crippen LogP contribution is 2.32. The number of ether oxygens (including phenoxy) is 1. The third-order valence-electron chi connectivity index (χ3n) is 2.29. The average molecular weight is 350 g/mol. The first-order valence-electron chi connectivity index (χ1n) is 5.08. The van der Waals surface area contributed by atoms with Gasteiger partial charge in [-0.05, 0) is 45.8 Å². The van der Waals surface area contributed by atoms with E-state index in [-0.39, 0.29) is 5.82 Å². The summed E-state index contributed by atoms with van der Waals surface area (Å²) in [7, 11) is 0. The fourth-order valence-electron chi connectivity index (χ4n) is 1.39. The molecule has 2 aromatic carbocycles. The molecule has 0 radical (unpaired) electrons. The smallest absolute Gasteiger partial charge is 0.139 e. The van der Waals surface area contributed by atoms with Crippen LogP contribution in [0, 0.1) is 5.82 Å². The van der Waals surface area contributed by atoms with Crippen LogP contribution in [0.5, 0.6) is 5.75 Å². The molecule has 2 rings (SSSR count). The number of hydrogen-bond donors (Lipinski definition) is 0. The predicted octanol–water partition coefficient (Wildman–Crippen LogP) is 5.47. The van der Waals surface area contributed by atoms with E-state index in [4.69, 9.17) is 27.9 Å². The van der Waals surface area contributed by atoms with E-state index in [1.54, 1.807) is 30.3 Å². The SMILES string of the molecule is Fc1ccc(COc2cccc(Cl)c2Cl)cc1Br. The van der Waals surface area contributed by atoms with Crippen molar-refractivity contribution in [2.45, 2.75) is 6.61 Å². The molecule has 0 unspecified atom stereocenters. The zero-order valence-electron chi connectivity index (χ0n) is 9.09. The Balaban J connectivity index is 2.11. The van der Waals surface area contributed by atoms with Gasteiger partial charge in [-0.25, -0.2) is 4.39 Å². The van der Waals surface area contributed by atoms with Gasteiger partial charge in [-0.15, -0.1) is 0 Å². The molecule has 0 saturated carbocycles. The zero-order valence-corrected chi connectivity index (χ0v) is 12.2. The highest BCUT2D eigenvalue weighted by atomic mass is 79.9. The summed E-state index contributed by atoms with van der Waals surface area (Å²) in [6.07, 6.45) is 0. The third kappa shape index (κ3) is 3.16. The van der Waals surface area contributed by atoms with Gasteiger partial charge in [0.05, 0.1) is 9.50 Å². The first kappa shape index (κ1) is 13.7. The van der Waals surface area contributed by atoms with Crippen LogP contribution >= 0.6 is 39.1 Å². The summed E-state index contributed by atoms with van der Waals surface area (Å²) in [6, 6.07) is 9.86. The molecule has 1 nitrogen and oxygen atoms in total. The minimum atomic E-state index is -0.306. The molecule has 0 amide bonds. The van der Waals surface area contributed by atoms with Crippen molar-refractivity contribution in [3.8, 4) is 5.75 Å². The number of halogens is 4. The van der Waals surface area contributed by atoms with Crippen molar-refractivity contribution < 1.29 is 9.13 Å². The van der Waals surface area contributed by atoms with Crippen LogP contribution in [-0.4, -0.2) is 0 Å². The van der Waals surface area contributed by atoms with Gasteiger partial charge in [0.15, 0.2) is 0 Å². The molecule has 5 heteroatoms. The summed E-state index contributed by atoms with van der Waals surface area (Å²) in [6.45, 7) is 0.291. The van der Waals surface area contributed by atoms with Gasteiger partial charge in [-0.2, -0.15) is 0 Å². The maximum Gasteiger partial charge on any atom is 0.139 e. The normalized spacial score (nSPS) is 10.4. The number of rotatable bonds is 3. The molecule has 0 aromatic heterocycles. The Morgan fingerprint density at radius 2 is 1.94 bits per heavy atom. The van der Waals surface area contributed by atoms with Crippen LogP contribution in [0.1, 0.15) is 5.56 Å². The summed E-state index contributed by atoms with van der Waals surface area (Å²) in [4.78, 5) is 0. The molecule has 0 aliphatic carbocycles. The molecular formula is C13H8BrCl2FO. The van der Waals surface area contributed by atoms with Gasteiger partial charge >= 0.3 is 0 Å². The van der Waals surface area contributed by atoms with Gasteiger partial charge < -0.3 is 4.74 Å². The standard InChI is InChI=1S/C13H8BrCl2FO/c14-9-6-8(4-5-11(9)17)7-18-12-3-1-2-10(15)13(12)16/h1-6H,7H2. The minimum absolute atomic E-state index is 0.291. The molecule has 2 aromatic rings. The molecule has 94 valence electrons. The van der Waals surface area contributed by atoms with Crippen LogP contribution in [0.3, 0.4) is 0 Å². The number of hydrogen-bond acceptors (Lipinski definition) is 1. The van der Waals surface area contributed by atoms with E-state index < -0.39 is 0 Å². The average Bonchev–Trinajstić information content (AvgIpc) is 2.35. The van der Waals surface area contributed by atoms with Gasteiger partial charge in [-0.1, -0.05) is 35.3 Å². The van der Waals surface area contributed by atoms with E-state index in [9.17, 15) is 4.39 Å². The molecule has 0 heterocycles. The Kier molecular flexibility index (Phi) is 4.49. The van der Waals surface area contributed by atoms with Crippen molar-refractivity contribution in [1.29, 1.82) is 0 Å². The van der Waals surface area contributed by atoms with Crippen LogP contribution in [0.4, 0.5) is 4.39 Å². The highest BCUT2D eigenvalue weighted by Gasteiger charge is 2.06. The topological polar surface area (TPSA) is 9.23 Å². The van der Waals surface area contributed by atoms with E-state index in [2.05, 4.69) is 15.9 Å². The first-order chi connectivity index (χ1) is 8.58. The molecule has 0 atom stereocenters. The molecule has 0 N–H and O–H groups in total. The van der Waals surface area contributed by atoms with Gasteiger partial charge in [0.2, 0.25) is 0 Å². The molecule has 0 saturated heterocycles. The van der Waals surface area contributed by atoms with Gasteiger partial charge in [0, 0.05) is 0 Å². The molecular weight excluding hydrogens is 342 g/mol. The molecule has 0 aliphatic rings. The van der Waals surface area contributed by atoms with Crippen LogP contribution in [0.2, 0.25) is 10.0 Å². The summed E-state index contributed by atoms with van der Waals surface area (Å²) >= 11 is 15.0. The highest BCUT2D eigenvalue weighted by molar-refractivity contribution is 9.10. The largest absolute Gasteiger partial charge is 0.487 e. The lowest BCUT2D eigenvalue weighted by molar-refractivity contribution is 0.306. The van der Waals surface area contributed by atoms with E-state index in [0.29, 0.717) is 26.9 Å². The van der Waals surface area contributed by atoms with E-state index >= 15 is 0 Å². The Morgan fingerprint density at radius 3 is 2.67 bits per heavy atom. The van der Waals surface area contributed by atoms with E-state index in [0.717, 1.165) is 5.56 Å². The fraction of sp³-hybridized carbons (Fsp3) is 0.0769. The third-order valence-corrected chi connectivity index (χ3v) is 3.70. The van der Waals surface area contributed by atoms with E-state index in [1.807, 2.05) is 0 Å². The van der Waals surface area contributed by atoms with Crippen LogP contribution in [0.25, 0.3) is 0 Å². The molecule has 0 fully saturated rings. The van der Waals surface area contributed by atoms with Crippen LogP contribution in [0.15, 0.2) is 40.9 Å². The molecule has 0 spiro atoms. The van der Waals surface area contributed by atoms with Crippen molar-refractivity contribution in [1.82, 2.24) is 0 Å². The quantitative estimate of drug-likeness (QED) is 0.713. The van der Waals surface area contributed by atoms with Crippen molar-refractivity contribution in [3.05, 3.63) is 62.3 Å². The summed E-state index contributed by atoms with van der Waals surface area (Å²) in [5.41, 5.74) is 0.833. The Bertz CT molecular complexity index is 575. The lowest BCUT2D eigenvalue weighted by Gasteiger charge is -2.09. The molecule has 18 heavy (non-hydrogen) atoms. The lowest BCUT2D eigenvalue weighted by Crippen LogP contribution is -1.96. The van der Waals surface area contributed by atoms with Crippen molar-refractivity contribution >= 4 is 39.1 Å². The van der Waals surface area contributed by atoms with Crippen molar-refractivity contribution in [2.24, 2.45) is 0 Å². The fourth-order valence-corrected chi connectivity index (χ4v) is 2.16. The summed E-state index contributed by atoms with van der Waals surface area (Å²) < 4.78 is 19.0. The van der Waals surface area contributed by atoms with Gasteiger partial charge in [-0.3, -0.25) is 0 Å². The maximum atomic E-state index is 13.1. The second-order valence-electron chi connectivity index (χ2n) is 3.59. The maximum absolute atomic E-state index is 13.1. The molecule has 0 bridgehead atoms. The summed E-state index contributed by atoms with van der Waals surface area (Å²) in [5.74, 6) is 0.198. The first-order valence-corrected chi connectivity index (χ1v) is 6.63. The second kappa shape index (κ2) is 5.91. The van der Waals surface area contributed by atoms with Crippen LogP contribution in [-0.2, 0) is 6.61 Å². The monoisotopic (exact) mass is 348 g/mol. The van der Waals surface area contributed by atoms with Gasteiger partial charge in [0.1, 0.15) is 23.2 Å². The number of benzene rings is 2. The Hall–Kier alpha value is -0.770. The zero-order chi connectivity index (χ0) is 13.1. The summed E-state index contributed by atoms with van der Waals surface area (Å²) in [5, 5.41) is 0.815. The minimum Gasteiger partial charge on any atom is -0.487 e. The molecule has 0 aliphatic heterocycles. The Morgan fingerprint density at radius 1 is 1.17 bits per heavy atom. The second-order valence-corrected chi connectivity index (χ2v) is 5.23.